The van der Waals surface area contributed by atoms with Crippen LogP contribution in [0.5, 0.6) is 17.2 Å². The summed E-state index contributed by atoms with van der Waals surface area (Å²) in [6.07, 6.45) is 3.02. The highest BCUT2D eigenvalue weighted by atomic mass is 16.5. The van der Waals surface area contributed by atoms with Gasteiger partial charge in [-0.1, -0.05) is 12.1 Å². The number of carbonyl (C=O) groups excluding carboxylic acids is 2. The van der Waals surface area contributed by atoms with Crippen LogP contribution in [-0.4, -0.2) is 32.6 Å². The van der Waals surface area contributed by atoms with Gasteiger partial charge < -0.3 is 30.6 Å². The van der Waals surface area contributed by atoms with E-state index in [1.54, 1.807) is 67.8 Å². The van der Waals surface area contributed by atoms with Crippen LogP contribution >= 0.6 is 0 Å². The van der Waals surface area contributed by atoms with Crippen molar-refractivity contribution < 1.29 is 23.8 Å². The van der Waals surface area contributed by atoms with E-state index in [-0.39, 0.29) is 18.4 Å². The summed E-state index contributed by atoms with van der Waals surface area (Å²) in [5.41, 5.74) is 9.30. The number of carbonyl (C=O) groups is 2. The Morgan fingerprint density at radius 1 is 0.912 bits per heavy atom. The molecular weight excluding hydrogens is 434 g/mol. The molecule has 0 fully saturated rings. The second-order valence-corrected chi connectivity index (χ2v) is 7.39. The monoisotopic (exact) mass is 461 g/mol. The van der Waals surface area contributed by atoms with Crippen LogP contribution in [0.2, 0.25) is 0 Å². The van der Waals surface area contributed by atoms with E-state index in [1.807, 2.05) is 13.0 Å². The molecule has 0 bridgehead atoms. The minimum absolute atomic E-state index is 0.220. The molecule has 0 aromatic heterocycles. The molecule has 8 nitrogen and oxygen atoms in total. The Balaban J connectivity index is 1.61. The molecule has 4 N–H and O–H groups in total. The van der Waals surface area contributed by atoms with Crippen molar-refractivity contribution >= 4 is 35.0 Å². The number of ether oxygens (including phenoxy) is 3. The first-order chi connectivity index (χ1) is 16.4. The lowest BCUT2D eigenvalue weighted by Crippen LogP contribution is -2.20. The van der Waals surface area contributed by atoms with Crippen molar-refractivity contribution in [3.05, 3.63) is 77.9 Å². The molecule has 3 rings (SSSR count). The summed E-state index contributed by atoms with van der Waals surface area (Å²) in [6.45, 7) is 1.71. The predicted octanol–water partition coefficient (Wildman–Crippen LogP) is 4.26. The van der Waals surface area contributed by atoms with Crippen molar-refractivity contribution in [2.45, 2.75) is 6.92 Å². The number of aryl methyl sites for hydroxylation is 1. The standard InChI is InChI=1S/C26H27N3O5/c1-17-4-11-22(21(27)14-17)29-25(30)13-6-18-5-12-23(33-3)24(15-18)34-16-26(31)28-19-7-9-20(32-2)10-8-19/h4-15H,16,27H2,1-3H3,(H,28,31)(H,29,30)/b13-6+. The molecule has 2 amide bonds. The quantitative estimate of drug-likeness (QED) is 0.324. The van der Waals surface area contributed by atoms with Crippen LogP contribution < -0.4 is 30.6 Å². The van der Waals surface area contributed by atoms with Crippen LogP contribution in [0.25, 0.3) is 6.08 Å². The fourth-order valence-corrected chi connectivity index (χ4v) is 3.07. The molecule has 176 valence electrons. The van der Waals surface area contributed by atoms with Gasteiger partial charge in [-0.2, -0.15) is 0 Å². The summed E-state index contributed by atoms with van der Waals surface area (Å²) in [5, 5.41) is 5.50. The largest absolute Gasteiger partial charge is 0.497 e. The lowest BCUT2D eigenvalue weighted by Gasteiger charge is -2.12. The van der Waals surface area contributed by atoms with Crippen LogP contribution in [0.4, 0.5) is 17.1 Å². The van der Waals surface area contributed by atoms with Crippen LogP contribution in [0.15, 0.2) is 66.7 Å². The molecule has 0 aliphatic rings. The molecule has 34 heavy (non-hydrogen) atoms. The molecule has 0 spiro atoms. The molecule has 0 saturated heterocycles. The Kier molecular flexibility index (Phi) is 8.12. The number of nitrogens with one attached hydrogen (secondary N) is 2. The second kappa shape index (κ2) is 11.4. The summed E-state index contributed by atoms with van der Waals surface area (Å²) in [4.78, 5) is 24.6. The lowest BCUT2D eigenvalue weighted by atomic mass is 10.1. The van der Waals surface area contributed by atoms with Gasteiger partial charge in [-0.15, -0.1) is 0 Å². The van der Waals surface area contributed by atoms with Crippen molar-refractivity contribution in [2.24, 2.45) is 0 Å². The van der Waals surface area contributed by atoms with Gasteiger partial charge >= 0.3 is 0 Å². The summed E-state index contributed by atoms with van der Waals surface area (Å²) >= 11 is 0. The van der Waals surface area contributed by atoms with Gasteiger partial charge in [-0.05, 0) is 72.7 Å². The smallest absolute Gasteiger partial charge is 0.262 e. The molecule has 0 radical (unpaired) electrons. The van der Waals surface area contributed by atoms with Crippen LogP contribution in [-0.2, 0) is 9.59 Å². The van der Waals surface area contributed by atoms with Gasteiger partial charge in [0.2, 0.25) is 5.91 Å². The van der Waals surface area contributed by atoms with Crippen LogP contribution in [0.1, 0.15) is 11.1 Å². The highest BCUT2D eigenvalue weighted by Gasteiger charge is 2.09. The fraction of sp³-hybridized carbons (Fsp3) is 0.154. The Morgan fingerprint density at radius 2 is 1.68 bits per heavy atom. The number of hydrogen-bond donors (Lipinski definition) is 3. The van der Waals surface area contributed by atoms with Gasteiger partial charge in [0.15, 0.2) is 18.1 Å². The third-order valence-corrected chi connectivity index (χ3v) is 4.81. The minimum atomic E-state index is -0.330. The van der Waals surface area contributed by atoms with Gasteiger partial charge in [0.25, 0.3) is 5.91 Å². The van der Waals surface area contributed by atoms with Crippen molar-refractivity contribution in [3.8, 4) is 17.2 Å². The first kappa shape index (κ1) is 24.2. The Hall–Kier alpha value is -4.46. The molecule has 0 unspecified atom stereocenters. The van der Waals surface area contributed by atoms with Crippen molar-refractivity contribution in [2.75, 3.05) is 37.2 Å². The average molecular weight is 462 g/mol. The predicted molar refractivity (Wildman–Crippen MR) is 133 cm³/mol. The third kappa shape index (κ3) is 6.77. The SMILES string of the molecule is COc1ccc(NC(=O)COc2cc(/C=C/C(=O)Nc3ccc(C)cc3N)ccc2OC)cc1. The first-order valence-electron chi connectivity index (χ1n) is 10.5. The van der Waals surface area contributed by atoms with E-state index < -0.39 is 0 Å². The van der Waals surface area contributed by atoms with Gasteiger partial charge in [0.05, 0.1) is 25.6 Å². The molecule has 8 heteroatoms. The Labute approximate surface area is 198 Å². The minimum Gasteiger partial charge on any atom is -0.497 e. The summed E-state index contributed by atoms with van der Waals surface area (Å²) in [5.74, 6) is 0.875. The summed E-state index contributed by atoms with van der Waals surface area (Å²) < 4.78 is 16.1. The van der Waals surface area contributed by atoms with Crippen molar-refractivity contribution in [1.29, 1.82) is 0 Å². The van der Waals surface area contributed by atoms with E-state index in [0.29, 0.717) is 39.9 Å². The third-order valence-electron chi connectivity index (χ3n) is 4.81. The van der Waals surface area contributed by atoms with E-state index in [0.717, 1.165) is 5.56 Å². The molecule has 0 aliphatic carbocycles. The van der Waals surface area contributed by atoms with Gasteiger partial charge in [0, 0.05) is 11.8 Å². The first-order valence-corrected chi connectivity index (χ1v) is 10.5. The van der Waals surface area contributed by atoms with Gasteiger partial charge in [-0.25, -0.2) is 0 Å². The van der Waals surface area contributed by atoms with E-state index in [2.05, 4.69) is 10.6 Å². The topological polar surface area (TPSA) is 112 Å². The molecule has 0 aliphatic heterocycles. The second-order valence-electron chi connectivity index (χ2n) is 7.39. The normalized spacial score (nSPS) is 10.6. The van der Waals surface area contributed by atoms with Gasteiger partial charge in [-0.3, -0.25) is 9.59 Å². The van der Waals surface area contributed by atoms with Gasteiger partial charge in [0.1, 0.15) is 5.75 Å². The lowest BCUT2D eigenvalue weighted by molar-refractivity contribution is -0.118. The number of methoxy groups -OCH3 is 2. The maximum Gasteiger partial charge on any atom is 0.262 e. The van der Waals surface area contributed by atoms with Crippen LogP contribution in [0, 0.1) is 6.92 Å². The fourth-order valence-electron chi connectivity index (χ4n) is 3.07. The number of rotatable bonds is 9. The zero-order valence-electron chi connectivity index (χ0n) is 19.3. The number of nitrogens with two attached hydrogens (primary N) is 1. The van der Waals surface area contributed by atoms with E-state index in [4.69, 9.17) is 19.9 Å². The molecular formula is C26H27N3O5. The molecule has 3 aromatic carbocycles. The Bertz CT molecular complexity index is 1190. The Morgan fingerprint density at radius 3 is 2.35 bits per heavy atom. The van der Waals surface area contributed by atoms with Crippen LogP contribution in [0.3, 0.4) is 0 Å². The van der Waals surface area contributed by atoms with E-state index >= 15 is 0 Å². The molecule has 0 atom stereocenters. The maximum atomic E-state index is 12.3. The highest BCUT2D eigenvalue weighted by molar-refractivity contribution is 6.03. The molecule has 0 heterocycles. The molecule has 3 aromatic rings. The number of nitrogen functional groups attached to an aromatic ring is 1. The number of hydrogen-bond acceptors (Lipinski definition) is 6. The zero-order valence-corrected chi connectivity index (χ0v) is 19.3. The van der Waals surface area contributed by atoms with Crippen molar-refractivity contribution in [3.63, 3.8) is 0 Å². The van der Waals surface area contributed by atoms with E-state index in [1.165, 1.54) is 13.2 Å². The maximum absolute atomic E-state index is 12.3. The van der Waals surface area contributed by atoms with Crippen molar-refractivity contribution in [1.82, 2.24) is 0 Å². The number of benzene rings is 3. The van der Waals surface area contributed by atoms with E-state index in [9.17, 15) is 9.59 Å². The number of amides is 2. The summed E-state index contributed by atoms with van der Waals surface area (Å²) in [6, 6.07) is 17.5. The average Bonchev–Trinajstić information content (AvgIpc) is 2.83. The highest BCUT2D eigenvalue weighted by Crippen LogP contribution is 2.29. The molecule has 0 saturated carbocycles. The summed E-state index contributed by atoms with van der Waals surface area (Å²) in [7, 11) is 3.08. The number of anilines is 3. The zero-order chi connectivity index (χ0) is 24.5.